The van der Waals surface area contributed by atoms with E-state index >= 15 is 0 Å². The minimum absolute atomic E-state index is 0.0786. The van der Waals surface area contributed by atoms with Gasteiger partial charge in [0.2, 0.25) is 0 Å². The molecule has 0 saturated carbocycles. The van der Waals surface area contributed by atoms with Crippen molar-refractivity contribution in [2.24, 2.45) is 0 Å². The summed E-state index contributed by atoms with van der Waals surface area (Å²) in [6.07, 6.45) is 0. The first-order valence-electron chi connectivity index (χ1n) is 20.4. The molecule has 2 aliphatic heterocycles. The van der Waals surface area contributed by atoms with E-state index in [0.717, 1.165) is 0 Å². The van der Waals surface area contributed by atoms with Gasteiger partial charge in [-0.1, -0.05) is 154 Å². The summed E-state index contributed by atoms with van der Waals surface area (Å²) in [5.41, 5.74) is 15.3. The number of hydrogen-bond donors (Lipinski definition) is 0. The van der Waals surface area contributed by atoms with Crippen LogP contribution in [0.3, 0.4) is 0 Å². The zero-order chi connectivity index (χ0) is 39.1. The van der Waals surface area contributed by atoms with Gasteiger partial charge in [0, 0.05) is 33.0 Å². The van der Waals surface area contributed by atoms with Crippen molar-refractivity contribution < 1.29 is 0 Å². The van der Waals surface area contributed by atoms with Crippen molar-refractivity contribution in [2.75, 3.05) is 9.80 Å². The second kappa shape index (κ2) is 11.5. The van der Waals surface area contributed by atoms with Crippen LogP contribution in [-0.4, -0.2) is 0 Å². The number of fused-ring (bicyclic) bond motifs is 6. The number of anilines is 6. The summed E-state index contributed by atoms with van der Waals surface area (Å²) < 4.78 is 0. The molecule has 0 saturated heterocycles. The second-order valence-corrected chi connectivity index (χ2v) is 19.5. The summed E-state index contributed by atoms with van der Waals surface area (Å²) in [5.74, 6) is 0. The summed E-state index contributed by atoms with van der Waals surface area (Å²) in [4.78, 5) is 5.10. The van der Waals surface area contributed by atoms with Gasteiger partial charge in [0.1, 0.15) is 0 Å². The van der Waals surface area contributed by atoms with E-state index in [4.69, 9.17) is 0 Å². The third-order valence-corrected chi connectivity index (χ3v) is 13.3. The van der Waals surface area contributed by atoms with Gasteiger partial charge in [0.25, 0.3) is 0 Å². The fraction of sp³-hybridized carbons (Fsp3) is 0.259. The molecule has 0 radical (unpaired) electrons. The van der Waals surface area contributed by atoms with Crippen molar-refractivity contribution in [1.29, 1.82) is 0 Å². The smallest absolute Gasteiger partial charge is 0.0581 e. The van der Waals surface area contributed by atoms with Crippen molar-refractivity contribution >= 4 is 66.4 Å². The molecule has 0 spiro atoms. The predicted octanol–water partition coefficient (Wildman–Crippen LogP) is 15.4. The maximum Gasteiger partial charge on any atom is 0.0581 e. The monoisotopic (exact) mass is 728 g/mol. The third-order valence-electron chi connectivity index (χ3n) is 13.3. The number of hydrogen-bond acceptors (Lipinski definition) is 2. The van der Waals surface area contributed by atoms with Crippen LogP contribution < -0.4 is 9.80 Å². The van der Waals surface area contributed by atoms with E-state index in [0.29, 0.717) is 0 Å². The first-order chi connectivity index (χ1) is 26.6. The summed E-state index contributed by atoms with van der Waals surface area (Å²) in [7, 11) is 0. The highest BCUT2D eigenvalue weighted by atomic mass is 15.2. The van der Waals surface area contributed by atoms with E-state index < -0.39 is 0 Å². The van der Waals surface area contributed by atoms with Gasteiger partial charge >= 0.3 is 0 Å². The van der Waals surface area contributed by atoms with Crippen molar-refractivity contribution in [1.82, 2.24) is 0 Å². The molecule has 2 heterocycles. The van der Waals surface area contributed by atoms with E-state index in [9.17, 15) is 0 Å². The Bertz CT molecular complexity index is 2660. The van der Waals surface area contributed by atoms with Crippen LogP contribution in [0.5, 0.6) is 0 Å². The number of nitrogens with zero attached hydrogens (tertiary/aromatic N) is 2. The molecule has 8 aromatic carbocycles. The van der Waals surface area contributed by atoms with Gasteiger partial charge in [-0.25, -0.2) is 0 Å². The molecule has 56 heavy (non-hydrogen) atoms. The van der Waals surface area contributed by atoms with Gasteiger partial charge in [-0.3, -0.25) is 0 Å². The van der Waals surface area contributed by atoms with Crippen LogP contribution in [0.15, 0.2) is 133 Å². The van der Waals surface area contributed by atoms with E-state index in [1.54, 1.807) is 0 Å². The van der Waals surface area contributed by atoms with E-state index in [-0.39, 0.29) is 21.7 Å². The lowest BCUT2D eigenvalue weighted by atomic mass is 9.70. The Morgan fingerprint density at radius 3 is 1.11 bits per heavy atom. The number of benzene rings is 8. The first kappa shape index (κ1) is 34.9. The SMILES string of the molecule is CC(C)(C)c1ccc(N2c3ccccc3C(C)(C)c3cc4ccc5c6c(cc7ccc(c32)c4c75)C(C)(C)c2ccccc2N6c2ccc(C(C)(C)C)cc2)cc1. The Labute approximate surface area is 332 Å². The standard InChI is InChI=1S/C54H52N2/c1-51(2,3)35-21-25-37(26-22-35)55-45-17-13-11-15-41(45)53(7,8)43-31-33-20-30-40-48-34(19-29-39(47(33)48)49(43)55)32-44-50(40)56(38-27-23-36(24-28-38)52(4,5)6)46-18-14-12-16-42(46)54(44,9)10/h11-32H,1-10H3. The summed E-state index contributed by atoms with van der Waals surface area (Å²) in [6.45, 7) is 23.4. The lowest BCUT2D eigenvalue weighted by molar-refractivity contribution is 0.590. The lowest BCUT2D eigenvalue weighted by Crippen LogP contribution is -2.31. The van der Waals surface area contributed by atoms with Crippen LogP contribution >= 0.6 is 0 Å². The molecule has 10 rings (SSSR count). The van der Waals surface area contributed by atoms with Gasteiger partial charge in [-0.2, -0.15) is 0 Å². The lowest BCUT2D eigenvalue weighted by Gasteiger charge is -2.44. The Hall–Kier alpha value is -5.60. The molecule has 2 nitrogen and oxygen atoms in total. The topological polar surface area (TPSA) is 6.48 Å². The van der Waals surface area contributed by atoms with Gasteiger partial charge < -0.3 is 9.80 Å². The fourth-order valence-corrected chi connectivity index (χ4v) is 10.0. The molecular formula is C54H52N2. The van der Waals surface area contributed by atoms with Crippen LogP contribution in [0.1, 0.15) is 103 Å². The molecule has 0 aliphatic carbocycles. The van der Waals surface area contributed by atoms with Gasteiger partial charge in [0.05, 0.1) is 22.7 Å². The zero-order valence-corrected chi connectivity index (χ0v) is 34.6. The molecule has 0 fully saturated rings. The summed E-state index contributed by atoms with van der Waals surface area (Å²) in [5, 5.41) is 7.87. The highest BCUT2D eigenvalue weighted by Gasteiger charge is 2.41. The molecule has 0 amide bonds. The average molecular weight is 729 g/mol. The molecule has 2 heteroatoms. The molecule has 8 aromatic rings. The van der Waals surface area contributed by atoms with E-state index in [1.165, 1.54) is 99.8 Å². The van der Waals surface area contributed by atoms with Crippen LogP contribution in [0.2, 0.25) is 0 Å². The highest BCUT2D eigenvalue weighted by Crippen LogP contribution is 2.59. The molecule has 0 atom stereocenters. The van der Waals surface area contributed by atoms with Crippen molar-refractivity contribution in [3.8, 4) is 0 Å². The van der Waals surface area contributed by atoms with Gasteiger partial charge in [0.15, 0.2) is 0 Å². The maximum atomic E-state index is 2.55. The number of rotatable bonds is 2. The zero-order valence-electron chi connectivity index (χ0n) is 34.6. The van der Waals surface area contributed by atoms with Crippen LogP contribution in [0.4, 0.5) is 34.1 Å². The Morgan fingerprint density at radius 1 is 0.393 bits per heavy atom. The molecule has 0 unspecified atom stereocenters. The van der Waals surface area contributed by atoms with Gasteiger partial charge in [-0.15, -0.1) is 0 Å². The second-order valence-electron chi connectivity index (χ2n) is 19.5. The molecule has 2 aliphatic rings. The van der Waals surface area contributed by atoms with Gasteiger partial charge in [-0.05, 0) is 114 Å². The molecule has 0 N–H and O–H groups in total. The molecule has 0 bridgehead atoms. The van der Waals surface area contributed by atoms with Crippen molar-refractivity contribution in [2.45, 2.75) is 90.9 Å². The summed E-state index contributed by atoms with van der Waals surface area (Å²) in [6, 6.07) is 51.3. The van der Waals surface area contributed by atoms with Crippen LogP contribution in [0, 0.1) is 0 Å². The van der Waals surface area contributed by atoms with Crippen molar-refractivity contribution in [3.63, 3.8) is 0 Å². The van der Waals surface area contributed by atoms with E-state index in [2.05, 4.69) is 212 Å². The minimum atomic E-state index is -0.193. The third kappa shape index (κ3) is 4.81. The largest absolute Gasteiger partial charge is 0.309 e. The van der Waals surface area contributed by atoms with Crippen LogP contribution in [0.25, 0.3) is 32.3 Å². The van der Waals surface area contributed by atoms with Crippen LogP contribution in [-0.2, 0) is 21.7 Å². The Morgan fingerprint density at radius 2 is 0.750 bits per heavy atom. The first-order valence-corrected chi connectivity index (χ1v) is 20.4. The number of para-hydroxylation sites is 2. The molecule has 0 aromatic heterocycles. The predicted molar refractivity (Wildman–Crippen MR) is 241 cm³/mol. The van der Waals surface area contributed by atoms with E-state index in [1.807, 2.05) is 0 Å². The fourth-order valence-electron chi connectivity index (χ4n) is 10.0. The molecular weight excluding hydrogens is 677 g/mol. The highest BCUT2D eigenvalue weighted by molar-refractivity contribution is 6.29. The average Bonchev–Trinajstić information content (AvgIpc) is 3.17. The minimum Gasteiger partial charge on any atom is -0.309 e. The Kier molecular flexibility index (Phi) is 7.15. The summed E-state index contributed by atoms with van der Waals surface area (Å²) >= 11 is 0. The Balaban J connectivity index is 1.29. The van der Waals surface area contributed by atoms with Crippen molar-refractivity contribution in [3.05, 3.63) is 167 Å². The maximum absolute atomic E-state index is 2.55. The molecule has 278 valence electrons. The quantitative estimate of drug-likeness (QED) is 0.164. The normalized spacial score (nSPS) is 15.9.